The lowest BCUT2D eigenvalue weighted by molar-refractivity contribution is 0.793. The normalized spacial score (nSPS) is 29.7. The van der Waals surface area contributed by atoms with E-state index in [-0.39, 0.29) is 0 Å². The monoisotopic (exact) mass is 163 g/mol. The average molecular weight is 163 g/mol. The largest absolute Gasteiger partial charge is 0.265 e. The highest BCUT2D eigenvalue weighted by Crippen LogP contribution is 2.14. The molecule has 66 valence electrons. The van der Waals surface area contributed by atoms with Gasteiger partial charge in [-0.15, -0.1) is 0 Å². The molecule has 0 saturated carbocycles. The summed E-state index contributed by atoms with van der Waals surface area (Å²) >= 11 is 0. The second-order valence-electron chi connectivity index (χ2n) is 3.65. The number of allylic oxidation sites excluding steroid dienone is 3. The van der Waals surface area contributed by atoms with Crippen LogP contribution in [0.1, 0.15) is 33.6 Å². The number of hydrogen-bond donors (Lipinski definition) is 0. The molecule has 0 saturated heterocycles. The molecule has 0 spiro atoms. The fourth-order valence-electron chi connectivity index (χ4n) is 1.22. The molecule has 0 aromatic carbocycles. The van der Waals surface area contributed by atoms with E-state index >= 15 is 0 Å². The highest BCUT2D eigenvalue weighted by Gasteiger charge is 2.00. The third-order valence-corrected chi connectivity index (χ3v) is 2.10. The molecular weight excluding hydrogens is 146 g/mol. The van der Waals surface area contributed by atoms with Gasteiger partial charge < -0.3 is 0 Å². The van der Waals surface area contributed by atoms with Crippen molar-refractivity contribution >= 4 is 6.21 Å². The van der Waals surface area contributed by atoms with E-state index in [2.05, 4.69) is 31.8 Å². The third kappa shape index (κ3) is 2.65. The van der Waals surface area contributed by atoms with Crippen molar-refractivity contribution in [2.75, 3.05) is 0 Å². The minimum atomic E-state index is 0.598. The molecule has 0 aromatic rings. The van der Waals surface area contributed by atoms with E-state index in [1.807, 2.05) is 12.4 Å². The Hall–Kier alpha value is -0.850. The maximum absolute atomic E-state index is 4.26. The molecule has 0 radical (unpaired) electrons. The molecule has 1 nitrogen and oxygen atoms in total. The SMILES string of the molecule is C/C1=C/N=C\C(C(C)C)=C/CC1. The van der Waals surface area contributed by atoms with Crippen LogP contribution in [0.5, 0.6) is 0 Å². The fourth-order valence-corrected chi connectivity index (χ4v) is 1.22. The van der Waals surface area contributed by atoms with Gasteiger partial charge in [0.05, 0.1) is 0 Å². The first-order chi connectivity index (χ1) is 5.70. The van der Waals surface area contributed by atoms with Crippen LogP contribution in [0, 0.1) is 5.92 Å². The van der Waals surface area contributed by atoms with Gasteiger partial charge in [0.2, 0.25) is 0 Å². The molecule has 0 unspecified atom stereocenters. The molecule has 1 heteroatoms. The average Bonchev–Trinajstić information content (AvgIpc) is 1.95. The quantitative estimate of drug-likeness (QED) is 0.562. The molecule has 0 atom stereocenters. The summed E-state index contributed by atoms with van der Waals surface area (Å²) in [5.74, 6) is 0.598. The Balaban J connectivity index is 2.73. The Morgan fingerprint density at radius 3 is 2.83 bits per heavy atom. The minimum absolute atomic E-state index is 0.598. The summed E-state index contributed by atoms with van der Waals surface area (Å²) in [4.78, 5) is 4.26. The molecule has 0 aliphatic carbocycles. The lowest BCUT2D eigenvalue weighted by Gasteiger charge is -2.07. The van der Waals surface area contributed by atoms with Gasteiger partial charge in [-0.1, -0.05) is 25.5 Å². The van der Waals surface area contributed by atoms with Crippen LogP contribution in [0.25, 0.3) is 0 Å². The summed E-state index contributed by atoms with van der Waals surface area (Å²) in [6, 6.07) is 0. The summed E-state index contributed by atoms with van der Waals surface area (Å²) < 4.78 is 0. The molecule has 1 heterocycles. The van der Waals surface area contributed by atoms with Gasteiger partial charge >= 0.3 is 0 Å². The van der Waals surface area contributed by atoms with Crippen LogP contribution in [0.4, 0.5) is 0 Å². The molecule has 1 rings (SSSR count). The molecule has 0 fully saturated rings. The first-order valence-electron chi connectivity index (χ1n) is 4.59. The van der Waals surface area contributed by atoms with Crippen molar-refractivity contribution in [2.24, 2.45) is 10.9 Å². The summed E-state index contributed by atoms with van der Waals surface area (Å²) in [6.07, 6.45) is 8.54. The van der Waals surface area contributed by atoms with Crippen LogP contribution < -0.4 is 0 Å². The first kappa shape index (κ1) is 9.24. The summed E-state index contributed by atoms with van der Waals surface area (Å²) in [5.41, 5.74) is 2.73. The molecule has 0 amide bonds. The fraction of sp³-hybridized carbons (Fsp3) is 0.545. The van der Waals surface area contributed by atoms with Crippen molar-refractivity contribution in [3.8, 4) is 0 Å². The Bertz CT molecular complexity index is 231. The Morgan fingerprint density at radius 2 is 2.17 bits per heavy atom. The van der Waals surface area contributed by atoms with E-state index < -0.39 is 0 Å². The van der Waals surface area contributed by atoms with Gasteiger partial charge in [-0.2, -0.15) is 0 Å². The van der Waals surface area contributed by atoms with Crippen LogP contribution in [0.2, 0.25) is 0 Å². The van der Waals surface area contributed by atoms with Gasteiger partial charge in [0, 0.05) is 12.4 Å². The van der Waals surface area contributed by atoms with Crippen molar-refractivity contribution < 1.29 is 0 Å². The second kappa shape index (κ2) is 4.24. The predicted molar refractivity (Wildman–Crippen MR) is 54.4 cm³/mol. The Kier molecular flexibility index (Phi) is 3.27. The Labute approximate surface area is 74.9 Å². The summed E-state index contributed by atoms with van der Waals surface area (Å²) in [6.45, 7) is 6.54. The van der Waals surface area contributed by atoms with Crippen LogP contribution in [-0.2, 0) is 0 Å². The van der Waals surface area contributed by atoms with Gasteiger partial charge in [-0.25, -0.2) is 0 Å². The molecule has 0 N–H and O–H groups in total. The molecule has 1 aliphatic rings. The zero-order valence-electron chi connectivity index (χ0n) is 8.17. The van der Waals surface area contributed by atoms with Crippen LogP contribution in [-0.4, -0.2) is 6.21 Å². The van der Waals surface area contributed by atoms with Gasteiger partial charge in [0.1, 0.15) is 0 Å². The van der Waals surface area contributed by atoms with Crippen molar-refractivity contribution in [3.63, 3.8) is 0 Å². The van der Waals surface area contributed by atoms with Crippen molar-refractivity contribution in [3.05, 3.63) is 23.4 Å². The van der Waals surface area contributed by atoms with Crippen molar-refractivity contribution in [1.29, 1.82) is 0 Å². The van der Waals surface area contributed by atoms with Crippen LogP contribution in [0.15, 0.2) is 28.4 Å². The van der Waals surface area contributed by atoms with Gasteiger partial charge in [-0.3, -0.25) is 4.99 Å². The van der Waals surface area contributed by atoms with E-state index in [0.29, 0.717) is 5.92 Å². The molecule has 0 aromatic heterocycles. The molecular formula is C11H17N. The Morgan fingerprint density at radius 1 is 1.42 bits per heavy atom. The first-order valence-corrected chi connectivity index (χ1v) is 4.59. The van der Waals surface area contributed by atoms with Crippen LogP contribution >= 0.6 is 0 Å². The van der Waals surface area contributed by atoms with E-state index in [1.54, 1.807) is 0 Å². The number of hydrogen-bond acceptors (Lipinski definition) is 1. The maximum atomic E-state index is 4.26. The van der Waals surface area contributed by atoms with E-state index in [1.165, 1.54) is 11.1 Å². The smallest absolute Gasteiger partial charge is 0.0299 e. The predicted octanol–water partition coefficient (Wildman–Crippen LogP) is 3.34. The van der Waals surface area contributed by atoms with Gasteiger partial charge in [0.25, 0.3) is 0 Å². The molecule has 12 heavy (non-hydrogen) atoms. The number of aliphatic imine (C=N–C) groups is 1. The zero-order valence-corrected chi connectivity index (χ0v) is 8.17. The lowest BCUT2D eigenvalue weighted by atomic mass is 10.0. The second-order valence-corrected chi connectivity index (χ2v) is 3.65. The van der Waals surface area contributed by atoms with Gasteiger partial charge in [-0.05, 0) is 31.3 Å². The summed E-state index contributed by atoms with van der Waals surface area (Å²) in [7, 11) is 0. The number of rotatable bonds is 1. The third-order valence-electron chi connectivity index (χ3n) is 2.10. The lowest BCUT2D eigenvalue weighted by Crippen LogP contribution is -1.96. The minimum Gasteiger partial charge on any atom is -0.265 e. The maximum Gasteiger partial charge on any atom is 0.0299 e. The summed E-state index contributed by atoms with van der Waals surface area (Å²) in [5, 5.41) is 0. The topological polar surface area (TPSA) is 12.4 Å². The van der Waals surface area contributed by atoms with E-state index in [0.717, 1.165) is 12.8 Å². The van der Waals surface area contributed by atoms with Gasteiger partial charge in [0.15, 0.2) is 0 Å². The zero-order chi connectivity index (χ0) is 8.97. The highest BCUT2D eigenvalue weighted by atomic mass is 14.7. The van der Waals surface area contributed by atoms with Crippen molar-refractivity contribution in [1.82, 2.24) is 0 Å². The highest BCUT2D eigenvalue weighted by molar-refractivity contribution is 5.79. The number of nitrogens with zero attached hydrogens (tertiary/aromatic N) is 1. The van der Waals surface area contributed by atoms with Crippen molar-refractivity contribution in [2.45, 2.75) is 33.6 Å². The van der Waals surface area contributed by atoms with E-state index in [9.17, 15) is 0 Å². The molecule has 1 aliphatic heterocycles. The molecule has 0 bridgehead atoms. The van der Waals surface area contributed by atoms with Crippen LogP contribution in [0.3, 0.4) is 0 Å². The standard InChI is InChI=1S/C11H17N/c1-9(2)11-6-4-5-10(3)7-12-8-11/h6-9H,4-5H2,1-3H3/b10-7-,11-6+,12-8-. The van der Waals surface area contributed by atoms with E-state index in [4.69, 9.17) is 0 Å².